The van der Waals surface area contributed by atoms with Crippen LogP contribution in [0.5, 0.6) is 0 Å². The van der Waals surface area contributed by atoms with E-state index in [1.807, 2.05) is 0 Å². The number of hydrogen-bond donors (Lipinski definition) is 2. The molecule has 7 heteroatoms. The monoisotopic (exact) mass is 258 g/mol. The number of sulfonamides is 1. The maximum absolute atomic E-state index is 11.3. The molecule has 0 amide bonds. The van der Waals surface area contributed by atoms with Crippen LogP contribution in [0.1, 0.15) is 12.8 Å². The zero-order chi connectivity index (χ0) is 10.4. The summed E-state index contributed by atoms with van der Waals surface area (Å²) < 4.78 is 30.0. The molecule has 0 radical (unpaired) electrons. The van der Waals surface area contributed by atoms with Crippen molar-refractivity contribution in [1.82, 2.24) is 10.0 Å². The van der Waals surface area contributed by atoms with E-state index >= 15 is 0 Å². The SMILES string of the molecule is COCCNCCNS(=O)(=O)C1CC1.Cl. The van der Waals surface area contributed by atoms with Gasteiger partial charge < -0.3 is 10.1 Å². The molecule has 0 aromatic heterocycles. The predicted octanol–water partition coefficient (Wildman–Crippen LogP) is -0.274. The lowest BCUT2D eigenvalue weighted by Crippen LogP contribution is -2.34. The minimum Gasteiger partial charge on any atom is -0.383 e. The van der Waals surface area contributed by atoms with Crippen LogP contribution < -0.4 is 10.0 Å². The van der Waals surface area contributed by atoms with E-state index in [2.05, 4.69) is 10.0 Å². The number of halogens is 1. The quantitative estimate of drug-likeness (QED) is 0.588. The molecule has 0 aliphatic heterocycles. The molecule has 1 aliphatic carbocycles. The van der Waals surface area contributed by atoms with E-state index in [9.17, 15) is 8.42 Å². The summed E-state index contributed by atoms with van der Waals surface area (Å²) in [5, 5.41) is 2.94. The Hall–Kier alpha value is 0.120. The standard InChI is InChI=1S/C8H18N2O3S.ClH/c1-13-7-6-9-4-5-10-14(11,12)8-2-3-8;/h8-10H,2-7H2,1H3;1H. The van der Waals surface area contributed by atoms with Crippen molar-refractivity contribution in [2.24, 2.45) is 0 Å². The molecule has 1 aliphatic rings. The van der Waals surface area contributed by atoms with Crippen LogP contribution in [0.2, 0.25) is 0 Å². The average Bonchev–Trinajstić information content (AvgIpc) is 2.94. The van der Waals surface area contributed by atoms with Gasteiger partial charge >= 0.3 is 0 Å². The second-order valence-electron chi connectivity index (χ2n) is 3.38. The van der Waals surface area contributed by atoms with Crippen LogP contribution in [0.25, 0.3) is 0 Å². The molecule has 0 aromatic rings. The molecule has 1 fully saturated rings. The molecule has 0 unspecified atom stereocenters. The van der Waals surface area contributed by atoms with Crippen molar-refractivity contribution in [2.75, 3.05) is 33.4 Å². The van der Waals surface area contributed by atoms with Crippen LogP contribution in [0.3, 0.4) is 0 Å². The van der Waals surface area contributed by atoms with Gasteiger partial charge in [-0.1, -0.05) is 0 Å². The normalized spacial score (nSPS) is 16.1. The molecule has 15 heavy (non-hydrogen) atoms. The zero-order valence-electron chi connectivity index (χ0n) is 8.86. The van der Waals surface area contributed by atoms with Crippen LogP contribution in [0.15, 0.2) is 0 Å². The third-order valence-corrected chi connectivity index (χ3v) is 4.01. The summed E-state index contributed by atoms with van der Waals surface area (Å²) in [5.74, 6) is 0. The third kappa shape index (κ3) is 6.32. The number of ether oxygens (including phenoxy) is 1. The Bertz CT molecular complexity index is 255. The fourth-order valence-corrected chi connectivity index (χ4v) is 2.46. The maximum atomic E-state index is 11.3. The van der Waals surface area contributed by atoms with Gasteiger partial charge in [0.15, 0.2) is 0 Å². The number of hydrogen-bond acceptors (Lipinski definition) is 4. The Labute approximate surface area is 97.4 Å². The van der Waals surface area contributed by atoms with Crippen LogP contribution in [0, 0.1) is 0 Å². The number of methoxy groups -OCH3 is 1. The largest absolute Gasteiger partial charge is 0.383 e. The van der Waals surface area contributed by atoms with Crippen molar-refractivity contribution in [3.8, 4) is 0 Å². The summed E-state index contributed by atoms with van der Waals surface area (Å²) in [6, 6.07) is 0. The van der Waals surface area contributed by atoms with Crippen LogP contribution >= 0.6 is 12.4 Å². The predicted molar refractivity (Wildman–Crippen MR) is 61.9 cm³/mol. The van der Waals surface area contributed by atoms with Gasteiger partial charge in [-0.2, -0.15) is 0 Å². The Morgan fingerprint density at radius 3 is 2.47 bits per heavy atom. The Morgan fingerprint density at radius 2 is 1.93 bits per heavy atom. The van der Waals surface area contributed by atoms with E-state index in [1.165, 1.54) is 0 Å². The molecule has 92 valence electrons. The molecule has 1 saturated carbocycles. The highest BCUT2D eigenvalue weighted by molar-refractivity contribution is 7.90. The van der Waals surface area contributed by atoms with E-state index in [-0.39, 0.29) is 17.7 Å². The highest BCUT2D eigenvalue weighted by Crippen LogP contribution is 2.26. The summed E-state index contributed by atoms with van der Waals surface area (Å²) >= 11 is 0. The first-order valence-corrected chi connectivity index (χ1v) is 6.39. The zero-order valence-corrected chi connectivity index (χ0v) is 10.5. The fraction of sp³-hybridized carbons (Fsp3) is 1.00. The first kappa shape index (κ1) is 15.1. The summed E-state index contributed by atoms with van der Waals surface area (Å²) in [6.07, 6.45) is 1.62. The summed E-state index contributed by atoms with van der Waals surface area (Å²) in [4.78, 5) is 0. The molecule has 0 atom stereocenters. The van der Waals surface area contributed by atoms with Crippen LogP contribution in [0.4, 0.5) is 0 Å². The van der Waals surface area contributed by atoms with Crippen molar-refractivity contribution in [3.05, 3.63) is 0 Å². The van der Waals surface area contributed by atoms with Gasteiger partial charge in [-0.15, -0.1) is 12.4 Å². The molecule has 0 spiro atoms. The van der Waals surface area contributed by atoms with Gasteiger partial charge in [0.25, 0.3) is 0 Å². The lowest BCUT2D eigenvalue weighted by Gasteiger charge is -2.06. The fourth-order valence-electron chi connectivity index (χ4n) is 1.08. The van der Waals surface area contributed by atoms with Crippen molar-refractivity contribution in [2.45, 2.75) is 18.1 Å². The summed E-state index contributed by atoms with van der Waals surface area (Å²) in [6.45, 7) is 2.51. The van der Waals surface area contributed by atoms with Gasteiger partial charge in [-0.05, 0) is 12.8 Å². The first-order chi connectivity index (χ1) is 6.67. The van der Waals surface area contributed by atoms with Gasteiger partial charge in [0, 0.05) is 26.7 Å². The lowest BCUT2D eigenvalue weighted by atomic mass is 10.6. The number of rotatable bonds is 8. The number of nitrogens with one attached hydrogen (secondary N) is 2. The van der Waals surface area contributed by atoms with Crippen molar-refractivity contribution >= 4 is 22.4 Å². The van der Waals surface area contributed by atoms with Gasteiger partial charge in [-0.3, -0.25) is 0 Å². The molecule has 0 bridgehead atoms. The molecule has 0 heterocycles. The third-order valence-electron chi connectivity index (χ3n) is 2.05. The minimum absolute atomic E-state index is 0. The molecular weight excluding hydrogens is 240 g/mol. The van der Waals surface area contributed by atoms with E-state index in [1.54, 1.807) is 7.11 Å². The van der Waals surface area contributed by atoms with Crippen molar-refractivity contribution in [3.63, 3.8) is 0 Å². The maximum Gasteiger partial charge on any atom is 0.214 e. The van der Waals surface area contributed by atoms with Gasteiger partial charge in [0.2, 0.25) is 10.0 Å². The van der Waals surface area contributed by atoms with Gasteiger partial charge in [0.1, 0.15) is 0 Å². The molecule has 0 aromatic carbocycles. The van der Waals surface area contributed by atoms with Crippen molar-refractivity contribution in [1.29, 1.82) is 0 Å². The molecule has 2 N–H and O–H groups in total. The first-order valence-electron chi connectivity index (χ1n) is 4.85. The Balaban J connectivity index is 0.00000196. The average molecular weight is 259 g/mol. The summed E-state index contributed by atoms with van der Waals surface area (Å²) in [5.41, 5.74) is 0. The smallest absolute Gasteiger partial charge is 0.214 e. The van der Waals surface area contributed by atoms with E-state index in [4.69, 9.17) is 4.74 Å². The highest BCUT2D eigenvalue weighted by atomic mass is 35.5. The van der Waals surface area contributed by atoms with Crippen molar-refractivity contribution < 1.29 is 13.2 Å². The molecule has 5 nitrogen and oxygen atoms in total. The lowest BCUT2D eigenvalue weighted by molar-refractivity contribution is 0.199. The Kier molecular flexibility index (Phi) is 7.46. The molecular formula is C8H19ClN2O3S. The summed E-state index contributed by atoms with van der Waals surface area (Å²) in [7, 11) is -1.36. The van der Waals surface area contributed by atoms with E-state index in [0.717, 1.165) is 19.4 Å². The van der Waals surface area contributed by atoms with Gasteiger partial charge in [-0.25, -0.2) is 13.1 Å². The van der Waals surface area contributed by atoms with E-state index < -0.39 is 10.0 Å². The van der Waals surface area contributed by atoms with Gasteiger partial charge in [0.05, 0.1) is 11.9 Å². The van der Waals surface area contributed by atoms with E-state index in [0.29, 0.717) is 19.7 Å². The highest BCUT2D eigenvalue weighted by Gasteiger charge is 2.34. The molecule has 0 saturated heterocycles. The Morgan fingerprint density at radius 1 is 1.27 bits per heavy atom. The second kappa shape index (κ2) is 7.40. The topological polar surface area (TPSA) is 67.4 Å². The molecule has 1 rings (SSSR count). The second-order valence-corrected chi connectivity index (χ2v) is 5.43. The van der Waals surface area contributed by atoms with Crippen LogP contribution in [-0.4, -0.2) is 47.0 Å². The van der Waals surface area contributed by atoms with Crippen LogP contribution in [-0.2, 0) is 14.8 Å². The minimum atomic E-state index is -3.00.